The van der Waals surface area contributed by atoms with Gasteiger partial charge >= 0.3 is 0 Å². The minimum atomic E-state index is -0.239. The van der Waals surface area contributed by atoms with Crippen molar-refractivity contribution >= 4 is 5.91 Å². The minimum absolute atomic E-state index is 0.239. The first kappa shape index (κ1) is 19.3. The number of carbonyl (C=O) groups excluding carboxylic acids is 1. The Morgan fingerprint density at radius 3 is 2.79 bits per heavy atom. The second-order valence-electron chi connectivity index (χ2n) is 7.53. The Morgan fingerprint density at radius 1 is 1.14 bits per heavy atom. The highest BCUT2D eigenvalue weighted by atomic mass is 16.5. The molecule has 1 N–H and O–H groups in total. The molecule has 0 unspecified atom stereocenters. The first-order valence-electron chi connectivity index (χ1n) is 10.2. The van der Waals surface area contributed by atoms with Gasteiger partial charge in [-0.05, 0) is 49.1 Å². The van der Waals surface area contributed by atoms with Gasteiger partial charge < -0.3 is 14.7 Å². The maximum absolute atomic E-state index is 12.4. The Kier molecular flexibility index (Phi) is 6.32. The van der Waals surface area contributed by atoms with Crippen LogP contribution in [0, 0.1) is 0 Å². The van der Waals surface area contributed by atoms with Gasteiger partial charge in [-0.3, -0.25) is 9.78 Å². The average molecular weight is 390 g/mol. The van der Waals surface area contributed by atoms with Crippen LogP contribution in [0.5, 0.6) is 0 Å². The smallest absolute Gasteiger partial charge is 0.290 e. The number of nitrogens with one attached hydrogen (secondary N) is 1. The predicted molar refractivity (Wildman–Crippen MR) is 110 cm³/mol. The van der Waals surface area contributed by atoms with Crippen LogP contribution in [0.1, 0.15) is 46.1 Å². The zero-order chi connectivity index (χ0) is 19.9. The second kappa shape index (κ2) is 9.47. The Hall–Kier alpha value is -2.99. The molecule has 6 heteroatoms. The lowest BCUT2D eigenvalue weighted by Gasteiger charge is -2.31. The van der Waals surface area contributed by atoms with E-state index in [1.54, 1.807) is 18.5 Å². The molecule has 1 saturated heterocycles. The third-order valence-corrected chi connectivity index (χ3v) is 5.44. The van der Waals surface area contributed by atoms with Gasteiger partial charge in [-0.1, -0.05) is 35.5 Å². The summed E-state index contributed by atoms with van der Waals surface area (Å²) in [7, 11) is 0. The molecule has 1 atom stereocenters. The number of piperidine rings is 1. The topological polar surface area (TPSA) is 71.3 Å². The van der Waals surface area contributed by atoms with Crippen molar-refractivity contribution in [3.8, 4) is 0 Å². The third kappa shape index (κ3) is 5.29. The van der Waals surface area contributed by atoms with Crippen LogP contribution in [0.3, 0.4) is 0 Å². The molecule has 6 nitrogen and oxygen atoms in total. The molecule has 3 heterocycles. The van der Waals surface area contributed by atoms with Crippen molar-refractivity contribution in [2.45, 2.75) is 31.7 Å². The Morgan fingerprint density at radius 2 is 1.97 bits per heavy atom. The molecule has 0 bridgehead atoms. The lowest BCUT2D eigenvalue weighted by atomic mass is 9.94. The summed E-state index contributed by atoms with van der Waals surface area (Å²) >= 11 is 0. The fourth-order valence-corrected chi connectivity index (χ4v) is 3.79. The highest BCUT2D eigenvalue weighted by Crippen LogP contribution is 2.26. The van der Waals surface area contributed by atoms with E-state index in [0.717, 1.165) is 50.2 Å². The van der Waals surface area contributed by atoms with E-state index in [1.807, 2.05) is 12.1 Å². The summed E-state index contributed by atoms with van der Waals surface area (Å²) in [5.74, 6) is 0.345. The normalized spacial score (nSPS) is 17.2. The van der Waals surface area contributed by atoms with E-state index in [1.165, 1.54) is 5.56 Å². The molecule has 0 spiro atoms. The molecular weight excluding hydrogens is 364 g/mol. The summed E-state index contributed by atoms with van der Waals surface area (Å²) in [5, 5.41) is 7.06. The molecule has 0 radical (unpaired) electrons. The number of likely N-dealkylation sites (tertiary alicyclic amines) is 1. The van der Waals surface area contributed by atoms with E-state index in [-0.39, 0.29) is 11.7 Å². The SMILES string of the molecule is O=C(NCc1ccncc1)c1cc([C@H]2CCCN(CCc3ccccc3)C2)no1. The molecule has 3 aromatic rings. The molecule has 1 aliphatic rings. The summed E-state index contributed by atoms with van der Waals surface area (Å²) in [4.78, 5) is 18.8. The Balaban J connectivity index is 1.30. The minimum Gasteiger partial charge on any atom is -0.351 e. The zero-order valence-electron chi connectivity index (χ0n) is 16.5. The van der Waals surface area contributed by atoms with Crippen molar-refractivity contribution in [3.63, 3.8) is 0 Å². The molecule has 4 rings (SSSR count). The van der Waals surface area contributed by atoms with Crippen LogP contribution < -0.4 is 5.32 Å². The number of rotatable bonds is 7. The monoisotopic (exact) mass is 390 g/mol. The number of carbonyl (C=O) groups is 1. The van der Waals surface area contributed by atoms with Gasteiger partial charge in [0.25, 0.3) is 5.91 Å². The van der Waals surface area contributed by atoms with E-state index in [9.17, 15) is 4.79 Å². The molecule has 0 saturated carbocycles. The number of hydrogen-bond acceptors (Lipinski definition) is 5. The van der Waals surface area contributed by atoms with Crippen LogP contribution in [-0.4, -0.2) is 40.6 Å². The number of aromatic nitrogens is 2. The van der Waals surface area contributed by atoms with Crippen molar-refractivity contribution in [3.05, 3.63) is 83.5 Å². The average Bonchev–Trinajstić information content (AvgIpc) is 3.28. The first-order valence-corrected chi connectivity index (χ1v) is 10.2. The summed E-state index contributed by atoms with van der Waals surface area (Å²) in [5.41, 5.74) is 3.24. The van der Waals surface area contributed by atoms with Crippen LogP contribution in [-0.2, 0) is 13.0 Å². The van der Waals surface area contributed by atoms with Crippen LogP contribution in [0.25, 0.3) is 0 Å². The van der Waals surface area contributed by atoms with E-state index >= 15 is 0 Å². The highest BCUT2D eigenvalue weighted by molar-refractivity contribution is 5.91. The van der Waals surface area contributed by atoms with Crippen molar-refractivity contribution in [1.82, 2.24) is 20.4 Å². The number of benzene rings is 1. The number of hydrogen-bond donors (Lipinski definition) is 1. The summed E-state index contributed by atoms with van der Waals surface area (Å²) in [6.45, 7) is 3.55. The molecule has 29 heavy (non-hydrogen) atoms. The van der Waals surface area contributed by atoms with Gasteiger partial charge in [0.15, 0.2) is 0 Å². The number of nitrogens with zero attached hydrogens (tertiary/aromatic N) is 3. The van der Waals surface area contributed by atoms with Crippen LogP contribution >= 0.6 is 0 Å². The second-order valence-corrected chi connectivity index (χ2v) is 7.53. The van der Waals surface area contributed by atoms with Gasteiger partial charge in [0, 0.05) is 44.0 Å². The molecular formula is C23H26N4O2. The standard InChI is InChI=1S/C23H26N4O2/c28-23(25-16-19-8-11-24-12-9-19)22-15-21(26-29-22)20-7-4-13-27(17-20)14-10-18-5-2-1-3-6-18/h1-3,5-6,8-9,11-12,15,20H,4,7,10,13-14,16-17H2,(H,25,28)/t20-/m0/s1. The van der Waals surface area contributed by atoms with Gasteiger partial charge in [-0.2, -0.15) is 0 Å². The predicted octanol–water partition coefficient (Wildman–Crippen LogP) is 3.42. The van der Waals surface area contributed by atoms with E-state index in [4.69, 9.17) is 4.52 Å². The van der Waals surface area contributed by atoms with Gasteiger partial charge in [-0.25, -0.2) is 0 Å². The van der Waals surface area contributed by atoms with Crippen LogP contribution in [0.2, 0.25) is 0 Å². The largest absolute Gasteiger partial charge is 0.351 e. The fraction of sp³-hybridized carbons (Fsp3) is 0.348. The third-order valence-electron chi connectivity index (χ3n) is 5.44. The number of pyridine rings is 1. The Labute approximate surface area is 170 Å². The van der Waals surface area contributed by atoms with Gasteiger partial charge in [0.2, 0.25) is 5.76 Å². The van der Waals surface area contributed by atoms with E-state index in [0.29, 0.717) is 12.5 Å². The zero-order valence-corrected chi connectivity index (χ0v) is 16.5. The highest BCUT2D eigenvalue weighted by Gasteiger charge is 2.25. The van der Waals surface area contributed by atoms with Crippen LogP contribution in [0.15, 0.2) is 65.4 Å². The van der Waals surface area contributed by atoms with Gasteiger partial charge in [-0.15, -0.1) is 0 Å². The lowest BCUT2D eigenvalue weighted by Crippen LogP contribution is -2.35. The maximum atomic E-state index is 12.4. The van der Waals surface area contributed by atoms with E-state index < -0.39 is 0 Å². The lowest BCUT2D eigenvalue weighted by molar-refractivity contribution is 0.0913. The van der Waals surface area contributed by atoms with Crippen molar-refractivity contribution in [1.29, 1.82) is 0 Å². The van der Waals surface area contributed by atoms with Gasteiger partial charge in [0.1, 0.15) is 0 Å². The molecule has 1 aromatic carbocycles. The maximum Gasteiger partial charge on any atom is 0.290 e. The Bertz CT molecular complexity index is 911. The summed E-state index contributed by atoms with van der Waals surface area (Å²) in [6, 6.07) is 16.1. The molecule has 1 amide bonds. The summed E-state index contributed by atoms with van der Waals surface area (Å²) < 4.78 is 5.34. The van der Waals surface area contributed by atoms with E-state index in [2.05, 4.69) is 50.7 Å². The summed E-state index contributed by atoms with van der Waals surface area (Å²) in [6.07, 6.45) is 6.68. The first-order chi connectivity index (χ1) is 14.3. The van der Waals surface area contributed by atoms with Crippen molar-refractivity contribution < 1.29 is 9.32 Å². The van der Waals surface area contributed by atoms with Crippen molar-refractivity contribution in [2.24, 2.45) is 0 Å². The van der Waals surface area contributed by atoms with Gasteiger partial charge in [0.05, 0.1) is 5.69 Å². The molecule has 1 aliphatic heterocycles. The molecule has 0 aliphatic carbocycles. The fourth-order valence-electron chi connectivity index (χ4n) is 3.79. The molecule has 2 aromatic heterocycles. The molecule has 150 valence electrons. The van der Waals surface area contributed by atoms with Crippen LogP contribution in [0.4, 0.5) is 0 Å². The molecule has 1 fully saturated rings. The number of amides is 1. The van der Waals surface area contributed by atoms with Crippen molar-refractivity contribution in [2.75, 3.05) is 19.6 Å². The quantitative estimate of drug-likeness (QED) is 0.669.